The molecule has 1 aliphatic carbocycles. The van der Waals surface area contributed by atoms with Crippen LogP contribution in [-0.4, -0.2) is 31.4 Å². The van der Waals surface area contributed by atoms with Gasteiger partial charge in [-0.1, -0.05) is 12.1 Å². The van der Waals surface area contributed by atoms with Gasteiger partial charge in [-0.05, 0) is 79.3 Å². The molecule has 0 aromatic heterocycles. The Kier molecular flexibility index (Phi) is 6.61. The lowest BCUT2D eigenvalue weighted by molar-refractivity contribution is -0.137. The Bertz CT molecular complexity index is 955. The predicted octanol–water partition coefficient (Wildman–Crippen LogP) is 5.36. The van der Waals surface area contributed by atoms with Crippen LogP contribution in [-0.2, 0) is 6.18 Å². The van der Waals surface area contributed by atoms with Crippen molar-refractivity contribution in [3.05, 3.63) is 59.2 Å². The van der Waals surface area contributed by atoms with Crippen LogP contribution in [0.3, 0.4) is 0 Å². The number of aliphatic hydroxyl groups excluding tert-OH is 1. The summed E-state index contributed by atoms with van der Waals surface area (Å²) in [6.07, 6.45) is -0.783. The van der Waals surface area contributed by atoms with Crippen LogP contribution in [0.2, 0.25) is 0 Å². The van der Waals surface area contributed by atoms with Crippen molar-refractivity contribution in [2.45, 2.75) is 37.8 Å². The molecule has 1 saturated carbocycles. The van der Waals surface area contributed by atoms with E-state index in [0.717, 1.165) is 37.5 Å². The Morgan fingerprint density at radius 1 is 1.03 bits per heavy atom. The van der Waals surface area contributed by atoms with Crippen molar-refractivity contribution < 1.29 is 23.0 Å². The maximum absolute atomic E-state index is 13.3. The topological polar surface area (TPSA) is 56.5 Å². The number of hydrogen-bond donors (Lipinski definition) is 1. The van der Waals surface area contributed by atoms with Gasteiger partial charge in [-0.2, -0.15) is 18.4 Å². The smallest absolute Gasteiger partial charge is 0.417 e. The van der Waals surface area contributed by atoms with Gasteiger partial charge in [-0.3, -0.25) is 0 Å². The summed E-state index contributed by atoms with van der Waals surface area (Å²) in [5.41, 5.74) is 0.516. The van der Waals surface area contributed by atoms with Crippen LogP contribution in [0.4, 0.5) is 18.9 Å². The molecule has 2 fully saturated rings. The third-order valence-electron chi connectivity index (χ3n) is 6.72. The van der Waals surface area contributed by atoms with E-state index in [9.17, 15) is 13.2 Å². The number of nitriles is 1. The van der Waals surface area contributed by atoms with Crippen molar-refractivity contribution in [1.29, 1.82) is 5.26 Å². The Morgan fingerprint density at radius 3 is 2.31 bits per heavy atom. The third kappa shape index (κ3) is 5.02. The van der Waals surface area contributed by atoms with E-state index >= 15 is 0 Å². The zero-order chi connectivity index (χ0) is 22.7. The number of hydrogen-bond acceptors (Lipinski definition) is 4. The summed E-state index contributed by atoms with van der Waals surface area (Å²) in [6, 6.07) is 13.7. The van der Waals surface area contributed by atoms with Crippen LogP contribution in [0.25, 0.3) is 0 Å². The first-order valence-corrected chi connectivity index (χ1v) is 11.1. The van der Waals surface area contributed by atoms with Crippen LogP contribution < -0.4 is 9.64 Å². The number of anilines is 1. The van der Waals surface area contributed by atoms with E-state index in [1.165, 1.54) is 11.6 Å². The van der Waals surface area contributed by atoms with E-state index in [1.54, 1.807) is 12.1 Å². The fourth-order valence-corrected chi connectivity index (χ4v) is 4.74. The van der Waals surface area contributed by atoms with Crippen molar-refractivity contribution in [2.24, 2.45) is 11.8 Å². The number of halogens is 3. The first kappa shape index (κ1) is 22.5. The van der Waals surface area contributed by atoms with Crippen LogP contribution in [0.15, 0.2) is 42.5 Å². The molecule has 4 rings (SSSR count). The number of ether oxygens (including phenoxy) is 1. The second-order valence-corrected chi connectivity index (χ2v) is 8.87. The van der Waals surface area contributed by atoms with Crippen LogP contribution in [0.5, 0.6) is 5.75 Å². The van der Waals surface area contributed by atoms with Crippen LogP contribution in [0, 0.1) is 23.2 Å². The minimum Gasteiger partial charge on any atom is -0.493 e. The molecule has 1 saturated heterocycles. The normalized spacial score (nSPS) is 21.7. The molecule has 7 heteroatoms. The van der Waals surface area contributed by atoms with Crippen LogP contribution >= 0.6 is 0 Å². The lowest BCUT2D eigenvalue weighted by Crippen LogP contribution is -2.33. The summed E-state index contributed by atoms with van der Waals surface area (Å²) in [4.78, 5) is 1.96. The number of aliphatic hydroxyl groups is 1. The highest BCUT2D eigenvalue weighted by atomic mass is 19.4. The number of nitrogens with zero attached hydrogens (tertiary/aromatic N) is 2. The molecular formula is C25H27F3N2O2. The van der Waals surface area contributed by atoms with Gasteiger partial charge in [0.05, 0.1) is 23.8 Å². The summed E-state index contributed by atoms with van der Waals surface area (Å²) in [5, 5.41) is 18.1. The first-order valence-electron chi connectivity index (χ1n) is 11.1. The lowest BCUT2D eigenvalue weighted by Gasteiger charge is -2.34. The maximum Gasteiger partial charge on any atom is 0.417 e. The molecule has 1 aliphatic heterocycles. The highest BCUT2D eigenvalue weighted by Gasteiger charge is 2.34. The fourth-order valence-electron chi connectivity index (χ4n) is 4.74. The molecule has 4 nitrogen and oxygen atoms in total. The minimum atomic E-state index is -4.54. The molecule has 32 heavy (non-hydrogen) atoms. The summed E-state index contributed by atoms with van der Waals surface area (Å²) in [7, 11) is 0. The molecule has 1 heterocycles. The lowest BCUT2D eigenvalue weighted by atomic mass is 9.76. The first-order chi connectivity index (χ1) is 15.4. The van der Waals surface area contributed by atoms with E-state index in [2.05, 4.69) is 12.1 Å². The monoisotopic (exact) mass is 444 g/mol. The molecule has 170 valence electrons. The van der Waals surface area contributed by atoms with Crippen molar-refractivity contribution in [3.63, 3.8) is 0 Å². The SMILES string of the molecule is N#Cc1ccc(N2CCC(c3ccc(OC[C@H]4C[C@@H](CO)C4)cc3)CC2)cc1C(F)(F)F. The Balaban J connectivity index is 1.31. The third-order valence-corrected chi connectivity index (χ3v) is 6.72. The Labute approximate surface area is 186 Å². The highest BCUT2D eigenvalue weighted by Crippen LogP contribution is 2.37. The molecule has 2 aliphatic rings. The number of piperidine rings is 1. The zero-order valence-corrected chi connectivity index (χ0v) is 17.8. The van der Waals surface area contributed by atoms with E-state index < -0.39 is 11.7 Å². The van der Waals surface area contributed by atoms with Gasteiger partial charge < -0.3 is 14.7 Å². The molecular weight excluding hydrogens is 417 g/mol. The number of benzene rings is 2. The largest absolute Gasteiger partial charge is 0.493 e. The quantitative estimate of drug-likeness (QED) is 0.652. The molecule has 0 bridgehead atoms. The second kappa shape index (κ2) is 9.41. The number of rotatable bonds is 6. The molecule has 0 unspecified atom stereocenters. The van der Waals surface area contributed by atoms with Crippen molar-refractivity contribution in [1.82, 2.24) is 0 Å². The Hall–Kier alpha value is -2.72. The minimum absolute atomic E-state index is 0.263. The summed E-state index contributed by atoms with van der Waals surface area (Å²) < 4.78 is 45.7. The van der Waals surface area contributed by atoms with Gasteiger partial charge in [-0.15, -0.1) is 0 Å². The standard InChI is InChI=1S/C25H27F3N2O2/c26-25(27,28)24-13-22(4-1-21(24)14-29)30-9-7-20(8-10-30)19-2-5-23(6-3-19)32-16-18-11-17(12-18)15-31/h1-6,13,17-18,20,31H,7-12,15-16H2/t17-,18+. The second-order valence-electron chi connectivity index (χ2n) is 8.87. The van der Waals surface area contributed by atoms with E-state index in [4.69, 9.17) is 15.1 Å². The summed E-state index contributed by atoms with van der Waals surface area (Å²) in [6.45, 7) is 2.27. The molecule has 0 spiro atoms. The van der Waals surface area contributed by atoms with Crippen molar-refractivity contribution in [2.75, 3.05) is 31.2 Å². The molecule has 2 aromatic rings. The zero-order valence-electron chi connectivity index (χ0n) is 17.8. The predicted molar refractivity (Wildman–Crippen MR) is 116 cm³/mol. The van der Waals surface area contributed by atoms with Gasteiger partial charge in [0.1, 0.15) is 5.75 Å². The van der Waals surface area contributed by atoms with Gasteiger partial charge in [-0.25, -0.2) is 0 Å². The average Bonchev–Trinajstić information content (AvgIpc) is 2.78. The fraction of sp³-hybridized carbons (Fsp3) is 0.480. The molecule has 0 radical (unpaired) electrons. The highest BCUT2D eigenvalue weighted by molar-refractivity contribution is 5.55. The van der Waals surface area contributed by atoms with E-state index in [-0.39, 0.29) is 12.2 Å². The molecule has 2 aromatic carbocycles. The van der Waals surface area contributed by atoms with Gasteiger partial charge in [0.15, 0.2) is 0 Å². The van der Waals surface area contributed by atoms with Gasteiger partial charge in [0, 0.05) is 25.4 Å². The number of alkyl halides is 3. The van der Waals surface area contributed by atoms with Crippen LogP contribution in [0.1, 0.15) is 48.3 Å². The molecule has 0 amide bonds. The van der Waals surface area contributed by atoms with E-state index in [0.29, 0.717) is 43.1 Å². The molecule has 1 N–H and O–H groups in total. The summed E-state index contributed by atoms with van der Waals surface area (Å²) >= 11 is 0. The van der Waals surface area contributed by atoms with E-state index in [1.807, 2.05) is 17.0 Å². The summed E-state index contributed by atoms with van der Waals surface area (Å²) in [5.74, 6) is 2.16. The maximum atomic E-state index is 13.3. The molecule has 0 atom stereocenters. The van der Waals surface area contributed by atoms with Crippen molar-refractivity contribution in [3.8, 4) is 11.8 Å². The van der Waals surface area contributed by atoms with Gasteiger partial charge >= 0.3 is 6.18 Å². The van der Waals surface area contributed by atoms with Gasteiger partial charge in [0.2, 0.25) is 0 Å². The Morgan fingerprint density at radius 2 is 1.72 bits per heavy atom. The average molecular weight is 444 g/mol. The van der Waals surface area contributed by atoms with Gasteiger partial charge in [0.25, 0.3) is 0 Å². The van der Waals surface area contributed by atoms with Crippen molar-refractivity contribution >= 4 is 5.69 Å².